The minimum Gasteiger partial charge on any atom is -0.372 e. The van der Waals surface area contributed by atoms with Gasteiger partial charge in [0.1, 0.15) is 22.5 Å². The second kappa shape index (κ2) is 8.16. The molecule has 1 amide bonds. The Hall–Kier alpha value is -3.00. The van der Waals surface area contributed by atoms with Gasteiger partial charge in [-0.25, -0.2) is 18.6 Å². The fourth-order valence-corrected chi connectivity index (χ4v) is 3.04. The van der Waals surface area contributed by atoms with Crippen LogP contribution in [-0.2, 0) is 6.42 Å². The van der Waals surface area contributed by atoms with Gasteiger partial charge in [-0.3, -0.25) is 9.69 Å². The molecule has 0 atom stereocenters. The number of halogens is 3. The SMILES string of the molecule is Cc1on(C(=O)N(c2ccc(F)cc2F)C(C)C)c(=O)c1Cc1ccc(Cl)nc1. The summed E-state index contributed by atoms with van der Waals surface area (Å²) in [5.41, 5.74) is 0.164. The number of hydrogen-bond donors (Lipinski definition) is 0. The first kappa shape index (κ1) is 20.7. The molecule has 152 valence electrons. The van der Waals surface area contributed by atoms with Crippen molar-refractivity contribution in [1.29, 1.82) is 0 Å². The second-order valence-electron chi connectivity index (χ2n) is 6.73. The van der Waals surface area contributed by atoms with E-state index < -0.39 is 29.3 Å². The van der Waals surface area contributed by atoms with Gasteiger partial charge in [0.15, 0.2) is 0 Å². The molecule has 1 aromatic carbocycles. The number of anilines is 1. The highest BCUT2D eigenvalue weighted by Crippen LogP contribution is 2.23. The summed E-state index contributed by atoms with van der Waals surface area (Å²) >= 11 is 5.77. The zero-order valence-electron chi connectivity index (χ0n) is 15.9. The van der Waals surface area contributed by atoms with Crippen LogP contribution in [0.2, 0.25) is 5.15 Å². The predicted octanol–water partition coefficient (Wildman–Crippen LogP) is 4.55. The summed E-state index contributed by atoms with van der Waals surface area (Å²) in [5.74, 6) is -1.44. The Morgan fingerprint density at radius 2 is 2.00 bits per heavy atom. The van der Waals surface area contributed by atoms with E-state index in [1.807, 2.05) is 0 Å². The summed E-state index contributed by atoms with van der Waals surface area (Å²) in [5, 5.41) is 0.319. The van der Waals surface area contributed by atoms with Crippen LogP contribution in [0.4, 0.5) is 19.3 Å². The van der Waals surface area contributed by atoms with Crippen molar-refractivity contribution in [2.75, 3.05) is 4.90 Å². The molecule has 0 radical (unpaired) electrons. The number of hydrogen-bond acceptors (Lipinski definition) is 4. The van der Waals surface area contributed by atoms with Gasteiger partial charge in [0.2, 0.25) is 0 Å². The van der Waals surface area contributed by atoms with Crippen LogP contribution in [-0.4, -0.2) is 21.8 Å². The van der Waals surface area contributed by atoms with E-state index in [0.717, 1.165) is 17.0 Å². The van der Waals surface area contributed by atoms with Gasteiger partial charge in [0, 0.05) is 24.7 Å². The molecule has 2 aromatic heterocycles. The molecule has 0 N–H and O–H groups in total. The number of rotatable bonds is 4. The summed E-state index contributed by atoms with van der Waals surface area (Å²) in [6, 6.07) is 4.76. The van der Waals surface area contributed by atoms with E-state index in [1.165, 1.54) is 6.20 Å². The number of aromatic nitrogens is 2. The third kappa shape index (κ3) is 4.22. The molecule has 0 aliphatic carbocycles. The zero-order valence-corrected chi connectivity index (χ0v) is 16.7. The maximum Gasteiger partial charge on any atom is 0.365 e. The van der Waals surface area contributed by atoms with E-state index >= 15 is 0 Å². The Morgan fingerprint density at radius 3 is 2.59 bits per heavy atom. The van der Waals surface area contributed by atoms with Gasteiger partial charge < -0.3 is 4.52 Å². The molecule has 0 spiro atoms. The molecule has 9 heteroatoms. The molecule has 0 aliphatic heterocycles. The minimum absolute atomic E-state index is 0.157. The van der Waals surface area contributed by atoms with E-state index in [4.69, 9.17) is 16.1 Å². The summed E-state index contributed by atoms with van der Waals surface area (Å²) in [6.07, 6.45) is 1.71. The van der Waals surface area contributed by atoms with Crippen LogP contribution in [0.3, 0.4) is 0 Å². The van der Waals surface area contributed by atoms with Crippen molar-refractivity contribution < 1.29 is 18.1 Å². The summed E-state index contributed by atoms with van der Waals surface area (Å²) in [4.78, 5) is 30.8. The van der Waals surface area contributed by atoms with Crippen LogP contribution in [0.15, 0.2) is 45.8 Å². The third-order valence-electron chi connectivity index (χ3n) is 4.33. The molecule has 0 saturated heterocycles. The highest BCUT2D eigenvalue weighted by Gasteiger charge is 2.28. The van der Waals surface area contributed by atoms with Gasteiger partial charge in [-0.15, -0.1) is 0 Å². The van der Waals surface area contributed by atoms with Crippen molar-refractivity contribution >= 4 is 23.3 Å². The molecule has 0 aliphatic rings. The average Bonchev–Trinajstić information content (AvgIpc) is 2.93. The second-order valence-corrected chi connectivity index (χ2v) is 7.12. The van der Waals surface area contributed by atoms with Gasteiger partial charge in [0.05, 0.1) is 11.3 Å². The molecule has 0 fully saturated rings. The Labute approximate surface area is 170 Å². The molecule has 29 heavy (non-hydrogen) atoms. The number of pyridine rings is 1. The Kier molecular flexibility index (Phi) is 5.83. The van der Waals surface area contributed by atoms with Crippen LogP contribution in [0, 0.1) is 18.6 Å². The Morgan fingerprint density at radius 1 is 1.28 bits per heavy atom. The van der Waals surface area contributed by atoms with E-state index in [9.17, 15) is 18.4 Å². The fraction of sp³-hybridized carbons (Fsp3) is 0.250. The smallest absolute Gasteiger partial charge is 0.365 e. The molecule has 3 aromatic rings. The lowest BCUT2D eigenvalue weighted by atomic mass is 10.1. The Balaban J connectivity index is 1.99. The van der Waals surface area contributed by atoms with Crippen molar-refractivity contribution in [3.8, 4) is 0 Å². The van der Waals surface area contributed by atoms with Crippen molar-refractivity contribution in [3.05, 3.63) is 80.6 Å². The van der Waals surface area contributed by atoms with E-state index in [1.54, 1.807) is 32.9 Å². The van der Waals surface area contributed by atoms with Gasteiger partial charge in [-0.05, 0) is 44.5 Å². The van der Waals surface area contributed by atoms with Crippen molar-refractivity contribution in [2.45, 2.75) is 33.2 Å². The fourth-order valence-electron chi connectivity index (χ4n) is 2.92. The molecule has 0 unspecified atom stereocenters. The molecular weight excluding hydrogens is 404 g/mol. The van der Waals surface area contributed by atoms with E-state index in [-0.39, 0.29) is 23.4 Å². The standard InChI is InChI=1S/C20H18ClF2N3O3/c1-11(2)25(17-6-5-14(22)9-16(17)23)20(28)26-19(27)15(12(3)29-26)8-13-4-7-18(21)24-10-13/h4-7,9-11H,8H2,1-3H3. The lowest BCUT2D eigenvalue weighted by Crippen LogP contribution is -2.43. The van der Waals surface area contributed by atoms with Gasteiger partial charge in [-0.1, -0.05) is 22.4 Å². The first-order chi connectivity index (χ1) is 13.7. The third-order valence-corrected chi connectivity index (χ3v) is 4.55. The van der Waals surface area contributed by atoms with Gasteiger partial charge in [0.25, 0.3) is 5.56 Å². The van der Waals surface area contributed by atoms with Crippen molar-refractivity contribution in [3.63, 3.8) is 0 Å². The van der Waals surface area contributed by atoms with Crippen LogP contribution >= 0.6 is 11.6 Å². The summed E-state index contributed by atoms with van der Waals surface area (Å²) < 4.78 is 33.5. The molecule has 2 heterocycles. The van der Waals surface area contributed by atoms with Crippen LogP contribution in [0.1, 0.15) is 30.7 Å². The number of benzene rings is 1. The number of aryl methyl sites for hydroxylation is 1. The maximum absolute atomic E-state index is 14.3. The highest BCUT2D eigenvalue weighted by atomic mass is 35.5. The lowest BCUT2D eigenvalue weighted by molar-refractivity contribution is 0.210. The van der Waals surface area contributed by atoms with E-state index in [0.29, 0.717) is 21.5 Å². The molecule has 0 bridgehead atoms. The largest absolute Gasteiger partial charge is 0.372 e. The topological polar surface area (TPSA) is 68.3 Å². The van der Waals surface area contributed by atoms with Crippen molar-refractivity contribution in [2.24, 2.45) is 0 Å². The zero-order chi connectivity index (χ0) is 21.3. The Bertz CT molecular complexity index is 1110. The first-order valence-electron chi connectivity index (χ1n) is 8.80. The predicted molar refractivity (Wildman–Crippen MR) is 105 cm³/mol. The monoisotopic (exact) mass is 421 g/mol. The number of nitrogens with zero attached hydrogens (tertiary/aromatic N) is 3. The minimum atomic E-state index is -0.921. The molecular formula is C20H18ClF2N3O3. The van der Waals surface area contributed by atoms with E-state index in [2.05, 4.69) is 4.98 Å². The quantitative estimate of drug-likeness (QED) is 0.579. The number of carbonyl (C=O) groups is 1. The van der Waals surface area contributed by atoms with Gasteiger partial charge >= 0.3 is 6.03 Å². The number of amides is 1. The maximum atomic E-state index is 14.3. The molecule has 3 rings (SSSR count). The average molecular weight is 422 g/mol. The van der Waals surface area contributed by atoms with Crippen LogP contribution in [0.25, 0.3) is 0 Å². The number of carbonyl (C=O) groups excluding carboxylic acids is 1. The highest BCUT2D eigenvalue weighted by molar-refractivity contribution is 6.29. The summed E-state index contributed by atoms with van der Waals surface area (Å²) in [7, 11) is 0. The van der Waals surface area contributed by atoms with Crippen molar-refractivity contribution in [1.82, 2.24) is 9.72 Å². The summed E-state index contributed by atoms with van der Waals surface area (Å²) in [6.45, 7) is 4.84. The van der Waals surface area contributed by atoms with Gasteiger partial charge in [-0.2, -0.15) is 0 Å². The molecule has 6 nitrogen and oxygen atoms in total. The lowest BCUT2D eigenvalue weighted by Gasteiger charge is -2.26. The molecule has 0 saturated carbocycles. The van der Waals surface area contributed by atoms with Crippen LogP contribution < -0.4 is 10.5 Å². The normalized spacial score (nSPS) is 11.1. The van der Waals surface area contributed by atoms with Crippen LogP contribution in [0.5, 0.6) is 0 Å². The first-order valence-corrected chi connectivity index (χ1v) is 9.17.